The Hall–Kier alpha value is -2.07. The molecule has 1 saturated carbocycles. The van der Waals surface area contributed by atoms with Crippen LogP contribution in [0.2, 0.25) is 0 Å². The molecule has 1 saturated heterocycles. The maximum absolute atomic E-state index is 15.9. The van der Waals surface area contributed by atoms with Crippen molar-refractivity contribution in [3.63, 3.8) is 0 Å². The van der Waals surface area contributed by atoms with Gasteiger partial charge in [0.1, 0.15) is 11.3 Å². The van der Waals surface area contributed by atoms with E-state index in [1.165, 1.54) is 6.92 Å². The van der Waals surface area contributed by atoms with E-state index >= 15 is 4.39 Å². The molecule has 0 radical (unpaired) electrons. The van der Waals surface area contributed by atoms with Gasteiger partial charge in [0.15, 0.2) is 5.82 Å². The quantitative estimate of drug-likeness (QED) is 0.526. The number of ether oxygens (including phenoxy) is 2. The summed E-state index contributed by atoms with van der Waals surface area (Å²) in [4.78, 5) is 21.6. The minimum absolute atomic E-state index is 0.127. The van der Waals surface area contributed by atoms with Crippen molar-refractivity contribution in [3.8, 4) is 0 Å². The Bertz CT molecular complexity index is 1030. The highest BCUT2D eigenvalue weighted by Gasteiger charge is 2.35. The molecule has 2 fully saturated rings. The van der Waals surface area contributed by atoms with Crippen LogP contribution >= 0.6 is 0 Å². The fourth-order valence-corrected chi connectivity index (χ4v) is 5.26. The SMILES string of the molecule is CC(=O)N[C@H](c1nc2c(F)c(C3COCCN3C(O)OC(C)(C)C)ccc2[nH]1)[C@H]1CC[C@H](C)CC1. The third-order valence-corrected chi connectivity index (χ3v) is 7.10. The molecule has 1 aromatic carbocycles. The molecular weight excluding hydrogens is 451 g/mol. The number of aliphatic hydroxyl groups is 1. The molecule has 4 rings (SSSR count). The predicted octanol–water partition coefficient (Wildman–Crippen LogP) is 4.17. The van der Waals surface area contributed by atoms with Gasteiger partial charge >= 0.3 is 0 Å². The monoisotopic (exact) mass is 490 g/mol. The number of nitrogens with one attached hydrogen (secondary N) is 2. The molecule has 1 aliphatic carbocycles. The standard InChI is InChI=1S/C26H39FN4O4/c1-15-6-8-17(9-7-15)22(28-16(2)32)24-29-19-11-10-18(21(27)23(19)30-24)20-14-34-13-12-31(20)25(33)35-26(3,4)5/h10-11,15,17,20,22,25,33H,6-9,12-14H2,1-5H3,(H,28,32)(H,29,30)/t15-,17-,20?,22-,25?/m0/s1. The van der Waals surface area contributed by atoms with Gasteiger partial charge in [0.2, 0.25) is 12.3 Å². The van der Waals surface area contributed by atoms with Crippen molar-refractivity contribution in [3.05, 3.63) is 29.3 Å². The van der Waals surface area contributed by atoms with Crippen LogP contribution in [0.25, 0.3) is 11.0 Å². The molecule has 2 heterocycles. The van der Waals surface area contributed by atoms with E-state index in [0.717, 1.165) is 25.7 Å². The fraction of sp³-hybridized carbons (Fsp3) is 0.692. The lowest BCUT2D eigenvalue weighted by Crippen LogP contribution is -2.49. The number of amides is 1. The first-order valence-corrected chi connectivity index (χ1v) is 12.7. The number of H-pyrrole nitrogens is 1. The minimum Gasteiger partial charge on any atom is -0.378 e. The maximum atomic E-state index is 15.9. The molecule has 2 unspecified atom stereocenters. The molecule has 2 aliphatic rings. The number of morpholine rings is 1. The summed E-state index contributed by atoms with van der Waals surface area (Å²) in [5, 5.41) is 13.8. The normalized spacial score (nSPS) is 26.0. The van der Waals surface area contributed by atoms with Gasteiger partial charge in [-0.3, -0.25) is 4.79 Å². The molecule has 3 atom stereocenters. The second-order valence-electron chi connectivity index (χ2n) is 11.1. The van der Waals surface area contributed by atoms with E-state index in [2.05, 4.69) is 22.2 Å². The van der Waals surface area contributed by atoms with E-state index in [4.69, 9.17) is 9.47 Å². The largest absolute Gasteiger partial charge is 0.378 e. The molecule has 1 aromatic heterocycles. The second-order valence-corrected chi connectivity index (χ2v) is 11.1. The molecule has 9 heteroatoms. The molecule has 35 heavy (non-hydrogen) atoms. The number of carbonyl (C=O) groups excluding carboxylic acids is 1. The van der Waals surface area contributed by atoms with Crippen molar-refractivity contribution in [2.45, 2.75) is 84.4 Å². The predicted molar refractivity (Wildman–Crippen MR) is 131 cm³/mol. The van der Waals surface area contributed by atoms with Crippen molar-refractivity contribution in [2.24, 2.45) is 11.8 Å². The number of benzene rings is 1. The van der Waals surface area contributed by atoms with Crippen LogP contribution in [0, 0.1) is 17.7 Å². The zero-order chi connectivity index (χ0) is 25.3. The molecule has 1 amide bonds. The van der Waals surface area contributed by atoms with Gasteiger partial charge in [-0.15, -0.1) is 0 Å². The average molecular weight is 491 g/mol. The van der Waals surface area contributed by atoms with Crippen molar-refractivity contribution >= 4 is 16.9 Å². The number of fused-ring (bicyclic) bond motifs is 1. The number of imidazole rings is 1. The Balaban J connectivity index is 1.65. The lowest BCUT2D eigenvalue weighted by Gasteiger charge is -2.40. The van der Waals surface area contributed by atoms with Gasteiger partial charge in [-0.25, -0.2) is 14.3 Å². The molecule has 2 aromatic rings. The number of aliphatic hydroxyl groups excluding tert-OH is 1. The zero-order valence-corrected chi connectivity index (χ0v) is 21.4. The van der Waals surface area contributed by atoms with E-state index in [1.807, 2.05) is 26.8 Å². The van der Waals surface area contributed by atoms with Crippen LogP contribution in [0.3, 0.4) is 0 Å². The molecule has 8 nitrogen and oxygen atoms in total. The van der Waals surface area contributed by atoms with Crippen molar-refractivity contribution in [2.75, 3.05) is 19.8 Å². The Morgan fingerprint density at radius 3 is 2.69 bits per heavy atom. The van der Waals surface area contributed by atoms with Gasteiger partial charge in [0.05, 0.1) is 36.4 Å². The number of carbonyl (C=O) groups is 1. The summed E-state index contributed by atoms with van der Waals surface area (Å²) in [5.74, 6) is 0.937. The van der Waals surface area contributed by atoms with E-state index in [-0.39, 0.29) is 30.0 Å². The first-order chi connectivity index (χ1) is 16.5. The third-order valence-electron chi connectivity index (χ3n) is 7.10. The lowest BCUT2D eigenvalue weighted by atomic mass is 9.79. The zero-order valence-electron chi connectivity index (χ0n) is 21.4. The number of aromatic amines is 1. The van der Waals surface area contributed by atoms with Crippen molar-refractivity contribution in [1.29, 1.82) is 0 Å². The smallest absolute Gasteiger partial charge is 0.217 e. The van der Waals surface area contributed by atoms with Crippen LogP contribution in [0.5, 0.6) is 0 Å². The van der Waals surface area contributed by atoms with E-state index < -0.39 is 23.9 Å². The number of rotatable bonds is 6. The number of nitrogens with zero attached hydrogens (tertiary/aromatic N) is 2. The average Bonchev–Trinajstić information content (AvgIpc) is 3.22. The minimum atomic E-state index is -1.19. The summed E-state index contributed by atoms with van der Waals surface area (Å²) in [7, 11) is 0. The topological polar surface area (TPSA) is 99.7 Å². The van der Waals surface area contributed by atoms with Gasteiger partial charge in [-0.05, 0) is 51.5 Å². The molecule has 0 bridgehead atoms. The van der Waals surface area contributed by atoms with Gasteiger partial charge in [-0.2, -0.15) is 0 Å². The van der Waals surface area contributed by atoms with Crippen LogP contribution in [-0.4, -0.2) is 57.7 Å². The number of halogens is 1. The Morgan fingerprint density at radius 2 is 2.03 bits per heavy atom. The number of hydrogen-bond donors (Lipinski definition) is 3. The van der Waals surface area contributed by atoms with Crippen molar-refractivity contribution < 1.29 is 23.8 Å². The van der Waals surface area contributed by atoms with Gasteiger partial charge < -0.3 is 24.9 Å². The van der Waals surface area contributed by atoms with E-state index in [1.54, 1.807) is 11.0 Å². The lowest BCUT2D eigenvalue weighted by molar-refractivity contribution is -0.263. The molecule has 1 aliphatic heterocycles. The maximum Gasteiger partial charge on any atom is 0.217 e. The van der Waals surface area contributed by atoms with Crippen LogP contribution in [0.4, 0.5) is 4.39 Å². The number of aromatic nitrogens is 2. The van der Waals surface area contributed by atoms with Gasteiger partial charge in [0, 0.05) is 19.0 Å². The van der Waals surface area contributed by atoms with Gasteiger partial charge in [0.25, 0.3) is 0 Å². The van der Waals surface area contributed by atoms with Gasteiger partial charge in [-0.1, -0.05) is 25.8 Å². The highest BCUT2D eigenvalue weighted by Crippen LogP contribution is 2.38. The van der Waals surface area contributed by atoms with E-state index in [0.29, 0.717) is 36.0 Å². The fourth-order valence-electron chi connectivity index (χ4n) is 5.26. The Kier molecular flexibility index (Phi) is 7.80. The van der Waals surface area contributed by atoms with E-state index in [9.17, 15) is 9.90 Å². The Labute approximate surface area is 206 Å². The summed E-state index contributed by atoms with van der Waals surface area (Å²) < 4.78 is 27.3. The first kappa shape index (κ1) is 26.0. The first-order valence-electron chi connectivity index (χ1n) is 12.7. The molecular formula is C26H39FN4O4. The molecule has 3 N–H and O–H groups in total. The third kappa shape index (κ3) is 6.02. The highest BCUT2D eigenvalue weighted by atomic mass is 19.1. The van der Waals surface area contributed by atoms with Crippen LogP contribution < -0.4 is 5.32 Å². The van der Waals surface area contributed by atoms with Crippen LogP contribution in [0.1, 0.15) is 83.8 Å². The van der Waals surface area contributed by atoms with Crippen molar-refractivity contribution in [1.82, 2.24) is 20.2 Å². The summed E-state index contributed by atoms with van der Waals surface area (Å²) in [6.07, 6.45) is 3.02. The number of hydrogen-bond acceptors (Lipinski definition) is 6. The highest BCUT2D eigenvalue weighted by molar-refractivity contribution is 5.78. The second kappa shape index (κ2) is 10.5. The summed E-state index contributed by atoms with van der Waals surface area (Å²) in [6.45, 7) is 10.4. The summed E-state index contributed by atoms with van der Waals surface area (Å²) >= 11 is 0. The summed E-state index contributed by atoms with van der Waals surface area (Å²) in [5.41, 5.74) is 0.649. The summed E-state index contributed by atoms with van der Waals surface area (Å²) in [6, 6.07) is 2.72. The van der Waals surface area contributed by atoms with Crippen LogP contribution in [0.15, 0.2) is 12.1 Å². The Morgan fingerprint density at radius 1 is 1.31 bits per heavy atom. The molecule has 194 valence electrons. The van der Waals surface area contributed by atoms with Crippen LogP contribution in [-0.2, 0) is 14.3 Å². The molecule has 0 spiro atoms.